The number of hydrogen-bond acceptors (Lipinski definition) is 1. The van der Waals surface area contributed by atoms with Crippen molar-refractivity contribution in [1.29, 1.82) is 0 Å². The predicted molar refractivity (Wildman–Crippen MR) is 34.1 cm³/mol. The van der Waals surface area contributed by atoms with Crippen LogP contribution in [0.2, 0.25) is 0 Å². The van der Waals surface area contributed by atoms with Gasteiger partial charge in [0.15, 0.2) is 5.03 Å². The smallest absolute Gasteiger partial charge is 0.266 e. The minimum Gasteiger partial charge on any atom is -0.367 e. The third kappa shape index (κ3) is 1.28. The van der Waals surface area contributed by atoms with E-state index >= 15 is 0 Å². The molecule has 2 N–H and O–H groups in total. The minimum absolute atomic E-state index is 0.000556. The summed E-state index contributed by atoms with van der Waals surface area (Å²) in [6, 6.07) is 0. The van der Waals surface area contributed by atoms with Gasteiger partial charge in [-0.25, -0.2) is 0 Å². The molecule has 0 spiro atoms. The summed E-state index contributed by atoms with van der Waals surface area (Å²) in [7, 11) is 0. The lowest BCUT2D eigenvalue weighted by molar-refractivity contribution is 0.653. The second-order valence-corrected chi connectivity index (χ2v) is 2.02. The Balaban J connectivity index is 3.01. The van der Waals surface area contributed by atoms with Crippen LogP contribution in [-0.4, -0.2) is 0 Å². The van der Waals surface area contributed by atoms with Gasteiger partial charge < -0.3 is 5.73 Å². The van der Waals surface area contributed by atoms with E-state index in [0.29, 0.717) is 5.03 Å². The van der Waals surface area contributed by atoms with Crippen molar-refractivity contribution in [2.75, 3.05) is 0 Å². The summed E-state index contributed by atoms with van der Waals surface area (Å²) in [5.74, 6) is -0.525. The van der Waals surface area contributed by atoms with Crippen LogP contribution in [-0.2, 0) is 0 Å². The van der Waals surface area contributed by atoms with Gasteiger partial charge in [0.1, 0.15) is 12.2 Å². The van der Waals surface area contributed by atoms with Gasteiger partial charge >= 0.3 is 0 Å². The molecule has 0 bridgehead atoms. The summed E-state index contributed by atoms with van der Waals surface area (Å²) in [5.41, 5.74) is 5.10. The predicted octanol–water partition coefficient (Wildman–Crippen LogP) is 1.62. The number of hydrogen-bond donors (Lipinski definition) is 1. The van der Waals surface area contributed by atoms with Gasteiger partial charge in [-0.15, -0.1) is 4.39 Å². The molecule has 0 aromatic heterocycles. The van der Waals surface area contributed by atoms with E-state index in [1.165, 1.54) is 6.08 Å². The molecule has 0 fully saturated rings. The van der Waals surface area contributed by atoms with Gasteiger partial charge in [0.2, 0.25) is 5.70 Å². The zero-order valence-electron chi connectivity index (χ0n) is 4.49. The second-order valence-electron chi connectivity index (χ2n) is 1.58. The summed E-state index contributed by atoms with van der Waals surface area (Å²) >= 11 is 5.39. The summed E-state index contributed by atoms with van der Waals surface area (Å²) < 4.78 is 12.3. The Morgan fingerprint density at radius 3 is 2.78 bits per heavy atom. The zero-order chi connectivity index (χ0) is 6.85. The van der Waals surface area contributed by atoms with E-state index in [9.17, 15) is 4.39 Å². The molecular formula is C6H4ClFN+. The third-order valence-corrected chi connectivity index (χ3v) is 1.11. The van der Waals surface area contributed by atoms with Crippen LogP contribution >= 0.6 is 11.6 Å². The number of halogens is 2. The Kier molecular flexibility index (Phi) is 1.52. The van der Waals surface area contributed by atoms with Crippen LogP contribution in [0.25, 0.3) is 0 Å². The monoisotopic (exact) mass is 144 g/mol. The fraction of sp³-hybridized carbons (Fsp3) is 0. The van der Waals surface area contributed by atoms with Gasteiger partial charge in [-0.1, -0.05) is 0 Å². The molecule has 1 aliphatic carbocycles. The molecule has 0 amide bonds. The van der Waals surface area contributed by atoms with Crippen molar-refractivity contribution in [3.63, 3.8) is 0 Å². The molecule has 1 rings (SSSR count). The number of nitrogens with two attached hydrogens (primary N) is 1. The first kappa shape index (κ1) is 6.27. The van der Waals surface area contributed by atoms with Gasteiger partial charge in [0, 0.05) is 11.6 Å². The van der Waals surface area contributed by atoms with E-state index in [1.54, 1.807) is 0 Å². The van der Waals surface area contributed by atoms with Crippen molar-refractivity contribution >= 4 is 11.6 Å². The molecule has 0 saturated carbocycles. The summed E-state index contributed by atoms with van der Waals surface area (Å²) in [4.78, 5) is 0. The maximum Gasteiger partial charge on any atom is 0.266 e. The molecule has 0 saturated heterocycles. The molecule has 0 aliphatic heterocycles. The maximum absolute atomic E-state index is 12.3. The molecule has 0 atom stereocenters. The van der Waals surface area contributed by atoms with Crippen molar-refractivity contribution in [1.82, 2.24) is 0 Å². The maximum atomic E-state index is 12.3. The van der Waals surface area contributed by atoms with Crippen molar-refractivity contribution < 1.29 is 4.39 Å². The highest BCUT2D eigenvalue weighted by molar-refractivity contribution is 6.31. The molecule has 1 aliphatic rings. The van der Waals surface area contributed by atoms with Crippen molar-refractivity contribution in [3.05, 3.63) is 34.8 Å². The SMILES string of the molecule is NC1=C(F)C=C(Cl)C=[C+]1. The normalized spacial score (nSPS) is 17.3. The fourth-order valence-electron chi connectivity index (χ4n) is 0.456. The highest BCUT2D eigenvalue weighted by Crippen LogP contribution is 2.16. The molecule has 0 aromatic carbocycles. The quantitative estimate of drug-likeness (QED) is 0.514. The van der Waals surface area contributed by atoms with Crippen LogP contribution in [0.3, 0.4) is 0 Å². The van der Waals surface area contributed by atoms with Gasteiger partial charge in [-0.3, -0.25) is 0 Å². The molecule has 0 aromatic rings. The third-order valence-electron chi connectivity index (χ3n) is 0.887. The molecule has 1 nitrogen and oxygen atoms in total. The highest BCUT2D eigenvalue weighted by Gasteiger charge is 2.13. The van der Waals surface area contributed by atoms with Crippen LogP contribution in [0.15, 0.2) is 28.7 Å². The molecular weight excluding hydrogens is 141 g/mol. The lowest BCUT2D eigenvalue weighted by atomic mass is 10.2. The lowest BCUT2D eigenvalue weighted by Crippen LogP contribution is -1.98. The van der Waals surface area contributed by atoms with E-state index in [-0.39, 0.29) is 5.70 Å². The molecule has 0 radical (unpaired) electrons. The van der Waals surface area contributed by atoms with E-state index in [2.05, 4.69) is 6.08 Å². The van der Waals surface area contributed by atoms with Crippen LogP contribution in [0.5, 0.6) is 0 Å². The summed E-state index contributed by atoms with van der Waals surface area (Å²) in [6.07, 6.45) is 5.00. The first-order valence-corrected chi connectivity index (χ1v) is 2.70. The first-order valence-electron chi connectivity index (χ1n) is 2.32. The van der Waals surface area contributed by atoms with Crippen LogP contribution in [0.4, 0.5) is 4.39 Å². The van der Waals surface area contributed by atoms with Crippen molar-refractivity contribution in [3.8, 4) is 0 Å². The van der Waals surface area contributed by atoms with E-state index in [1.807, 2.05) is 0 Å². The average Bonchev–Trinajstić information content (AvgIpc) is 1.80. The molecule has 46 valence electrons. The number of allylic oxidation sites excluding steroid dienone is 5. The van der Waals surface area contributed by atoms with E-state index in [0.717, 1.165) is 6.08 Å². The van der Waals surface area contributed by atoms with Crippen LogP contribution < -0.4 is 5.73 Å². The van der Waals surface area contributed by atoms with Gasteiger partial charge in [-0.2, -0.15) is 0 Å². The van der Waals surface area contributed by atoms with Crippen molar-refractivity contribution in [2.45, 2.75) is 0 Å². The minimum atomic E-state index is -0.525. The largest absolute Gasteiger partial charge is 0.367 e. The van der Waals surface area contributed by atoms with Gasteiger partial charge in [-0.05, 0) is 0 Å². The highest BCUT2D eigenvalue weighted by atomic mass is 35.5. The Hall–Kier alpha value is -0.850. The number of rotatable bonds is 0. The van der Waals surface area contributed by atoms with Crippen LogP contribution in [0, 0.1) is 6.08 Å². The second kappa shape index (κ2) is 2.18. The topological polar surface area (TPSA) is 26.0 Å². The molecule has 0 heterocycles. The standard InChI is InChI=1S/C6H4ClFN/c7-4-1-2-6(9)5(8)3-4/h1,3H,9H2/q+1. The average molecular weight is 145 g/mol. The van der Waals surface area contributed by atoms with E-state index in [4.69, 9.17) is 17.3 Å². The zero-order valence-corrected chi connectivity index (χ0v) is 5.24. The van der Waals surface area contributed by atoms with E-state index < -0.39 is 5.83 Å². The fourth-order valence-corrected chi connectivity index (χ4v) is 0.606. The molecule has 3 heteroatoms. The van der Waals surface area contributed by atoms with Crippen molar-refractivity contribution in [2.24, 2.45) is 5.73 Å². The Morgan fingerprint density at radius 1 is 1.67 bits per heavy atom. The van der Waals surface area contributed by atoms with Gasteiger partial charge in [0.05, 0.1) is 6.08 Å². The Morgan fingerprint density at radius 2 is 2.33 bits per heavy atom. The van der Waals surface area contributed by atoms with Crippen LogP contribution in [0.1, 0.15) is 0 Å². The summed E-state index contributed by atoms with van der Waals surface area (Å²) in [5, 5.41) is 0.307. The first-order chi connectivity index (χ1) is 4.20. The Labute approximate surface area is 57.3 Å². The Bertz CT molecular complexity index is 215. The molecule has 0 unspecified atom stereocenters. The van der Waals surface area contributed by atoms with Gasteiger partial charge in [0.25, 0.3) is 5.83 Å². The lowest BCUT2D eigenvalue weighted by Gasteiger charge is -1.87. The summed E-state index contributed by atoms with van der Waals surface area (Å²) in [6.45, 7) is 0. The molecule has 9 heavy (non-hydrogen) atoms.